The Hall–Kier alpha value is -2.40. The second kappa shape index (κ2) is 7.69. The summed E-state index contributed by atoms with van der Waals surface area (Å²) in [5.41, 5.74) is -1.35. The Bertz CT molecular complexity index is 944. The average molecular weight is 384 g/mol. The van der Waals surface area contributed by atoms with Crippen LogP contribution in [0.1, 0.15) is 11.8 Å². The highest BCUT2D eigenvalue weighted by atomic mass is 19.1. The van der Waals surface area contributed by atoms with E-state index in [9.17, 15) is 28.6 Å². The molecule has 1 aromatic carbocycles. The Morgan fingerprint density at radius 1 is 1.11 bits per heavy atom. The molecule has 1 aliphatic rings. The van der Waals surface area contributed by atoms with Gasteiger partial charge in [-0.2, -0.15) is 0 Å². The molecule has 2 heterocycles. The van der Waals surface area contributed by atoms with Gasteiger partial charge in [0.15, 0.2) is 6.23 Å². The normalized spacial score (nSPS) is 25.1. The van der Waals surface area contributed by atoms with Crippen LogP contribution in [-0.4, -0.2) is 49.4 Å². The topological polar surface area (TPSA) is 114 Å². The number of hydrogen-bond donors (Lipinski definition) is 3. The van der Waals surface area contributed by atoms with Crippen LogP contribution in [0.4, 0.5) is 8.78 Å². The summed E-state index contributed by atoms with van der Waals surface area (Å²) in [4.78, 5) is 24.7. The zero-order valence-corrected chi connectivity index (χ0v) is 14.0. The summed E-state index contributed by atoms with van der Waals surface area (Å²) in [7, 11) is 0. The number of aryl methyl sites for hydroxylation is 1. The van der Waals surface area contributed by atoms with Crippen molar-refractivity contribution in [2.75, 3.05) is 6.61 Å². The fraction of sp³-hybridized carbons (Fsp3) is 0.412. The third kappa shape index (κ3) is 3.69. The number of halogens is 2. The summed E-state index contributed by atoms with van der Waals surface area (Å²) in [5.74, 6) is -1.53. The molecule has 1 aromatic heterocycles. The van der Waals surface area contributed by atoms with Gasteiger partial charge >= 0.3 is 5.69 Å². The minimum absolute atomic E-state index is 0.0404. The Balaban J connectivity index is 1.88. The van der Waals surface area contributed by atoms with Crippen LogP contribution in [0.2, 0.25) is 0 Å². The lowest BCUT2D eigenvalue weighted by Crippen LogP contribution is -2.43. The summed E-state index contributed by atoms with van der Waals surface area (Å²) < 4.78 is 33.7. The van der Waals surface area contributed by atoms with Crippen LogP contribution in [-0.2, 0) is 17.7 Å². The third-order valence-electron chi connectivity index (χ3n) is 4.51. The fourth-order valence-corrected chi connectivity index (χ4v) is 3.00. The highest BCUT2D eigenvalue weighted by Crippen LogP contribution is 2.27. The molecular formula is C17H18F2N2O6. The van der Waals surface area contributed by atoms with Crippen LogP contribution in [0.3, 0.4) is 0 Å². The summed E-state index contributed by atoms with van der Waals surface area (Å²) in [6, 6.07) is 4.07. The van der Waals surface area contributed by atoms with E-state index in [0.29, 0.717) is 6.07 Å². The molecule has 27 heavy (non-hydrogen) atoms. The molecule has 0 aliphatic carbocycles. The highest BCUT2D eigenvalue weighted by molar-refractivity contribution is 5.18. The zero-order valence-electron chi connectivity index (χ0n) is 14.0. The maximum atomic E-state index is 13.7. The molecule has 8 nitrogen and oxygen atoms in total. The van der Waals surface area contributed by atoms with Gasteiger partial charge in [-0.3, -0.25) is 13.9 Å². The Kier molecular flexibility index (Phi) is 5.51. The molecule has 1 unspecified atom stereocenters. The minimum Gasteiger partial charge on any atom is -0.394 e. The lowest BCUT2D eigenvalue weighted by Gasteiger charge is -2.18. The average Bonchev–Trinajstić information content (AvgIpc) is 2.91. The number of nitrogens with zero attached hydrogens (tertiary/aromatic N) is 2. The van der Waals surface area contributed by atoms with Crippen molar-refractivity contribution in [1.82, 2.24) is 9.13 Å². The molecule has 3 N–H and O–H groups in total. The maximum absolute atomic E-state index is 13.7. The van der Waals surface area contributed by atoms with Gasteiger partial charge < -0.3 is 20.1 Å². The number of aromatic nitrogens is 2. The zero-order chi connectivity index (χ0) is 19.7. The second-order valence-electron chi connectivity index (χ2n) is 6.21. The van der Waals surface area contributed by atoms with Crippen LogP contribution in [0, 0.1) is 11.6 Å². The van der Waals surface area contributed by atoms with Crippen LogP contribution >= 0.6 is 0 Å². The Morgan fingerprint density at radius 2 is 1.85 bits per heavy atom. The summed E-state index contributed by atoms with van der Waals surface area (Å²) in [5, 5.41) is 29.0. The van der Waals surface area contributed by atoms with Crippen LogP contribution < -0.4 is 11.2 Å². The van der Waals surface area contributed by atoms with Gasteiger partial charge in [-0.1, -0.05) is 6.07 Å². The highest BCUT2D eigenvalue weighted by Gasteiger charge is 2.43. The molecule has 0 amide bonds. The van der Waals surface area contributed by atoms with E-state index in [1.807, 2.05) is 0 Å². The van der Waals surface area contributed by atoms with Gasteiger partial charge in [0.05, 0.1) is 6.61 Å². The SMILES string of the molecule is O=c1ccn([C@@H]2O[C@H](CO)C(O)[C@@H]2O)c(=O)n1CCc1ccc(F)cc1F. The smallest absolute Gasteiger partial charge is 0.333 e. The van der Waals surface area contributed by atoms with Gasteiger partial charge in [0, 0.05) is 24.9 Å². The summed E-state index contributed by atoms with van der Waals surface area (Å²) >= 11 is 0. The number of aliphatic hydroxyl groups is 3. The van der Waals surface area contributed by atoms with Crippen LogP contribution in [0.15, 0.2) is 40.1 Å². The van der Waals surface area contributed by atoms with E-state index in [1.165, 1.54) is 6.07 Å². The van der Waals surface area contributed by atoms with Crippen molar-refractivity contribution in [3.63, 3.8) is 0 Å². The number of benzene rings is 1. The fourth-order valence-electron chi connectivity index (χ4n) is 3.00. The summed E-state index contributed by atoms with van der Waals surface area (Å²) in [6.45, 7) is -0.747. The Labute approximate surface area is 151 Å². The molecular weight excluding hydrogens is 366 g/mol. The lowest BCUT2D eigenvalue weighted by atomic mass is 10.1. The first-order chi connectivity index (χ1) is 12.8. The Morgan fingerprint density at radius 3 is 2.48 bits per heavy atom. The number of aliphatic hydroxyl groups excluding tert-OH is 3. The van der Waals surface area contributed by atoms with Crippen molar-refractivity contribution in [2.45, 2.75) is 37.5 Å². The number of hydrogen-bond acceptors (Lipinski definition) is 6. The molecule has 3 rings (SSSR count). The third-order valence-corrected chi connectivity index (χ3v) is 4.51. The predicted octanol–water partition coefficient (Wildman–Crippen LogP) is -0.858. The molecule has 1 saturated heterocycles. The second-order valence-corrected chi connectivity index (χ2v) is 6.21. The van der Waals surface area contributed by atoms with Gasteiger partial charge in [-0.25, -0.2) is 13.6 Å². The molecule has 4 atom stereocenters. The first-order valence-corrected chi connectivity index (χ1v) is 8.22. The molecule has 2 aromatic rings. The molecule has 0 radical (unpaired) electrons. The van der Waals surface area contributed by atoms with Crippen molar-refractivity contribution < 1.29 is 28.8 Å². The molecule has 1 fully saturated rings. The van der Waals surface area contributed by atoms with Crippen molar-refractivity contribution in [1.29, 1.82) is 0 Å². The minimum atomic E-state index is -1.49. The molecule has 146 valence electrons. The van der Waals surface area contributed by atoms with E-state index >= 15 is 0 Å². The molecule has 10 heteroatoms. The largest absolute Gasteiger partial charge is 0.394 e. The van der Waals surface area contributed by atoms with Crippen molar-refractivity contribution in [3.05, 3.63) is 68.5 Å². The predicted molar refractivity (Wildman–Crippen MR) is 88.0 cm³/mol. The van der Waals surface area contributed by atoms with E-state index in [2.05, 4.69) is 0 Å². The first-order valence-electron chi connectivity index (χ1n) is 8.22. The first kappa shape index (κ1) is 19.4. The van der Waals surface area contributed by atoms with E-state index in [0.717, 1.165) is 27.5 Å². The van der Waals surface area contributed by atoms with Crippen LogP contribution in [0.25, 0.3) is 0 Å². The van der Waals surface area contributed by atoms with E-state index in [1.54, 1.807) is 0 Å². The molecule has 0 bridgehead atoms. The molecule has 1 aliphatic heterocycles. The van der Waals surface area contributed by atoms with Gasteiger partial charge in [-0.15, -0.1) is 0 Å². The maximum Gasteiger partial charge on any atom is 0.333 e. The molecule has 0 spiro atoms. The number of rotatable bonds is 5. The lowest BCUT2D eigenvalue weighted by molar-refractivity contribution is -0.0556. The van der Waals surface area contributed by atoms with Crippen molar-refractivity contribution >= 4 is 0 Å². The van der Waals surface area contributed by atoms with Gasteiger partial charge in [0.2, 0.25) is 0 Å². The monoisotopic (exact) mass is 384 g/mol. The van der Waals surface area contributed by atoms with E-state index in [4.69, 9.17) is 9.84 Å². The van der Waals surface area contributed by atoms with Crippen molar-refractivity contribution in [2.24, 2.45) is 0 Å². The number of ether oxygens (including phenoxy) is 1. The van der Waals surface area contributed by atoms with E-state index < -0.39 is 54.0 Å². The standard InChI is InChI=1S/C17H18F2N2O6/c18-10-2-1-9(11(19)7-10)3-5-20-13(23)4-6-21(17(20)26)16-15(25)14(24)12(8-22)27-16/h1-2,4,6-7,12,14-16,22,24-25H,3,5,8H2/t12-,14?,15+,16-/m1/s1. The van der Waals surface area contributed by atoms with Gasteiger partial charge in [-0.05, 0) is 18.1 Å². The van der Waals surface area contributed by atoms with E-state index in [-0.39, 0.29) is 18.5 Å². The van der Waals surface area contributed by atoms with Crippen LogP contribution in [0.5, 0.6) is 0 Å². The van der Waals surface area contributed by atoms with Gasteiger partial charge in [0.1, 0.15) is 29.9 Å². The molecule has 0 saturated carbocycles. The van der Waals surface area contributed by atoms with Gasteiger partial charge in [0.25, 0.3) is 5.56 Å². The summed E-state index contributed by atoms with van der Waals surface area (Å²) in [6.07, 6.45) is -4.19. The van der Waals surface area contributed by atoms with Crippen molar-refractivity contribution in [3.8, 4) is 0 Å². The quantitative estimate of drug-likeness (QED) is 0.618.